The van der Waals surface area contributed by atoms with Crippen molar-refractivity contribution >= 4 is 28.0 Å². The van der Waals surface area contributed by atoms with E-state index in [-0.39, 0.29) is 21.1 Å². The van der Waals surface area contributed by atoms with E-state index in [1.54, 1.807) is 0 Å². The van der Waals surface area contributed by atoms with Gasteiger partial charge in [-0.2, -0.15) is 0 Å². The van der Waals surface area contributed by atoms with Crippen molar-refractivity contribution < 1.29 is 14.8 Å². The molecule has 0 saturated carbocycles. The molecule has 1 aromatic heterocycles. The minimum Gasteiger partial charge on any atom is -0.477 e. The average Bonchev–Trinajstić information content (AvgIpc) is 2.26. The molecule has 0 bridgehead atoms. The third-order valence-electron chi connectivity index (χ3n) is 1.52. The number of rotatable bonds is 2. The van der Waals surface area contributed by atoms with E-state index in [0.717, 1.165) is 0 Å². The molecular formula is C6H6N2O4S. The normalized spacial score (nSPS) is 9.92. The Labute approximate surface area is 76.8 Å². The van der Waals surface area contributed by atoms with Crippen LogP contribution >= 0.6 is 11.3 Å². The van der Waals surface area contributed by atoms with Crippen molar-refractivity contribution in [2.75, 3.05) is 5.73 Å². The number of hydrogen-bond acceptors (Lipinski definition) is 5. The van der Waals surface area contributed by atoms with E-state index in [9.17, 15) is 14.9 Å². The van der Waals surface area contributed by atoms with Gasteiger partial charge in [0, 0.05) is 0 Å². The molecule has 0 aliphatic heterocycles. The molecule has 0 aliphatic rings. The first-order valence-electron chi connectivity index (χ1n) is 3.21. The highest BCUT2D eigenvalue weighted by atomic mass is 32.1. The van der Waals surface area contributed by atoms with E-state index < -0.39 is 10.9 Å². The SMILES string of the molecule is Cc1c(C(=O)O)sc(N)c1[N+](=O)[O-]. The average molecular weight is 202 g/mol. The van der Waals surface area contributed by atoms with Gasteiger partial charge >= 0.3 is 11.7 Å². The lowest BCUT2D eigenvalue weighted by molar-refractivity contribution is -0.384. The van der Waals surface area contributed by atoms with Gasteiger partial charge in [0.05, 0.1) is 10.5 Å². The Bertz CT molecular complexity index is 384. The standard InChI is InChI=1S/C6H6N2O4S/c1-2-3(8(11)12)5(7)13-4(2)6(9)10/h7H2,1H3,(H,9,10). The highest BCUT2D eigenvalue weighted by molar-refractivity contribution is 7.18. The Morgan fingerprint density at radius 3 is 2.46 bits per heavy atom. The minimum absolute atomic E-state index is 0.0695. The van der Waals surface area contributed by atoms with Gasteiger partial charge in [-0.25, -0.2) is 4.79 Å². The molecule has 1 aromatic rings. The third kappa shape index (κ3) is 1.45. The van der Waals surface area contributed by atoms with Gasteiger partial charge < -0.3 is 10.8 Å². The van der Waals surface area contributed by atoms with Crippen LogP contribution in [0.5, 0.6) is 0 Å². The Morgan fingerprint density at radius 2 is 2.23 bits per heavy atom. The summed E-state index contributed by atoms with van der Waals surface area (Å²) in [6.07, 6.45) is 0. The zero-order valence-corrected chi connectivity index (χ0v) is 7.42. The topological polar surface area (TPSA) is 106 Å². The van der Waals surface area contributed by atoms with Crippen LogP contribution in [-0.4, -0.2) is 16.0 Å². The molecule has 7 heteroatoms. The molecule has 0 fully saturated rings. The molecule has 3 N–H and O–H groups in total. The van der Waals surface area contributed by atoms with Crippen LogP contribution in [0, 0.1) is 17.0 Å². The lowest BCUT2D eigenvalue weighted by Crippen LogP contribution is -1.96. The van der Waals surface area contributed by atoms with Crippen LogP contribution in [-0.2, 0) is 0 Å². The number of nitro groups is 1. The molecule has 0 aliphatic carbocycles. The van der Waals surface area contributed by atoms with Gasteiger partial charge in [0.25, 0.3) is 0 Å². The van der Waals surface area contributed by atoms with Gasteiger partial charge in [0.2, 0.25) is 0 Å². The molecular weight excluding hydrogens is 196 g/mol. The van der Waals surface area contributed by atoms with Crippen molar-refractivity contribution in [2.45, 2.75) is 6.92 Å². The van der Waals surface area contributed by atoms with E-state index in [0.29, 0.717) is 11.3 Å². The number of anilines is 1. The molecule has 0 radical (unpaired) electrons. The summed E-state index contributed by atoms with van der Waals surface area (Å²) in [7, 11) is 0. The number of thiophene rings is 1. The van der Waals surface area contributed by atoms with Crippen LogP contribution in [0.15, 0.2) is 0 Å². The summed E-state index contributed by atoms with van der Waals surface area (Å²) < 4.78 is 0. The second-order valence-corrected chi connectivity index (χ2v) is 3.38. The maximum absolute atomic E-state index is 10.5. The quantitative estimate of drug-likeness (QED) is 0.554. The Morgan fingerprint density at radius 1 is 1.69 bits per heavy atom. The largest absolute Gasteiger partial charge is 0.477 e. The van der Waals surface area contributed by atoms with E-state index in [4.69, 9.17) is 10.8 Å². The monoisotopic (exact) mass is 202 g/mol. The van der Waals surface area contributed by atoms with Gasteiger partial charge in [-0.15, -0.1) is 11.3 Å². The fourth-order valence-electron chi connectivity index (χ4n) is 0.958. The number of aromatic carboxylic acids is 1. The van der Waals surface area contributed by atoms with Gasteiger partial charge in [-0.1, -0.05) is 0 Å². The van der Waals surface area contributed by atoms with Crippen molar-refractivity contribution in [1.82, 2.24) is 0 Å². The first-order valence-corrected chi connectivity index (χ1v) is 4.03. The Kier molecular flexibility index (Phi) is 2.20. The van der Waals surface area contributed by atoms with E-state index in [1.165, 1.54) is 6.92 Å². The summed E-state index contributed by atoms with van der Waals surface area (Å²) in [5.41, 5.74) is 5.10. The molecule has 13 heavy (non-hydrogen) atoms. The Balaban J connectivity index is 3.39. The summed E-state index contributed by atoms with van der Waals surface area (Å²) in [6.45, 7) is 1.37. The Hall–Kier alpha value is -1.63. The predicted molar refractivity (Wildman–Crippen MR) is 47.1 cm³/mol. The molecule has 6 nitrogen and oxygen atoms in total. The number of nitrogens with two attached hydrogens (primary N) is 1. The number of nitrogens with zero attached hydrogens (tertiary/aromatic N) is 1. The van der Waals surface area contributed by atoms with Gasteiger partial charge in [0.15, 0.2) is 5.00 Å². The smallest absolute Gasteiger partial charge is 0.346 e. The number of carbonyl (C=O) groups is 1. The predicted octanol–water partition coefficient (Wildman–Crippen LogP) is 1.25. The van der Waals surface area contributed by atoms with Crippen LogP contribution in [0.4, 0.5) is 10.7 Å². The highest BCUT2D eigenvalue weighted by Crippen LogP contribution is 2.36. The molecule has 70 valence electrons. The van der Waals surface area contributed by atoms with Gasteiger partial charge in [0.1, 0.15) is 4.88 Å². The van der Waals surface area contributed by atoms with Crippen LogP contribution in [0.25, 0.3) is 0 Å². The van der Waals surface area contributed by atoms with Crippen molar-refractivity contribution in [2.24, 2.45) is 0 Å². The zero-order valence-electron chi connectivity index (χ0n) is 6.60. The molecule has 0 amide bonds. The van der Waals surface area contributed by atoms with Gasteiger partial charge in [-0.3, -0.25) is 10.1 Å². The lowest BCUT2D eigenvalue weighted by atomic mass is 10.2. The summed E-state index contributed by atoms with van der Waals surface area (Å²) in [4.78, 5) is 20.2. The second kappa shape index (κ2) is 3.02. The van der Waals surface area contributed by atoms with Crippen LogP contribution in [0.1, 0.15) is 15.2 Å². The summed E-state index contributed by atoms with van der Waals surface area (Å²) in [5, 5.41) is 19.0. The maximum Gasteiger partial charge on any atom is 0.346 e. The lowest BCUT2D eigenvalue weighted by Gasteiger charge is -1.90. The second-order valence-electron chi connectivity index (χ2n) is 2.33. The first-order chi connectivity index (χ1) is 5.95. The van der Waals surface area contributed by atoms with Gasteiger partial charge in [-0.05, 0) is 6.92 Å². The number of carboxylic acid groups (broad SMARTS) is 1. The number of nitrogen functional groups attached to an aromatic ring is 1. The number of carboxylic acids is 1. The fraction of sp³-hybridized carbons (Fsp3) is 0.167. The molecule has 0 spiro atoms. The van der Waals surface area contributed by atoms with E-state index in [1.807, 2.05) is 0 Å². The van der Waals surface area contributed by atoms with Crippen LogP contribution in [0.2, 0.25) is 0 Å². The minimum atomic E-state index is -1.19. The molecule has 0 atom stereocenters. The summed E-state index contributed by atoms with van der Waals surface area (Å²) in [6, 6.07) is 0. The van der Waals surface area contributed by atoms with E-state index >= 15 is 0 Å². The zero-order chi connectivity index (χ0) is 10.2. The van der Waals surface area contributed by atoms with Crippen molar-refractivity contribution in [3.63, 3.8) is 0 Å². The number of hydrogen-bond donors (Lipinski definition) is 2. The molecule has 0 saturated heterocycles. The van der Waals surface area contributed by atoms with Crippen molar-refractivity contribution in [3.05, 3.63) is 20.6 Å². The third-order valence-corrected chi connectivity index (χ3v) is 2.62. The van der Waals surface area contributed by atoms with Crippen LogP contribution < -0.4 is 5.73 Å². The fourth-order valence-corrected chi connectivity index (χ4v) is 1.84. The highest BCUT2D eigenvalue weighted by Gasteiger charge is 2.25. The molecule has 1 heterocycles. The molecule has 0 unspecified atom stereocenters. The van der Waals surface area contributed by atoms with Crippen molar-refractivity contribution in [1.29, 1.82) is 0 Å². The summed E-state index contributed by atoms with van der Waals surface area (Å²) in [5.74, 6) is -1.19. The van der Waals surface area contributed by atoms with Crippen LogP contribution in [0.3, 0.4) is 0 Å². The molecule has 0 aromatic carbocycles. The maximum atomic E-state index is 10.5. The summed E-state index contributed by atoms with van der Waals surface area (Å²) >= 11 is 0.714. The van der Waals surface area contributed by atoms with E-state index in [2.05, 4.69) is 0 Å². The van der Waals surface area contributed by atoms with Crippen molar-refractivity contribution in [3.8, 4) is 0 Å². The first kappa shape index (κ1) is 9.46. The molecule has 1 rings (SSSR count).